The maximum absolute atomic E-state index is 11.8. The molecule has 0 atom stereocenters. The molecule has 19 heavy (non-hydrogen) atoms. The van der Waals surface area contributed by atoms with Crippen molar-refractivity contribution in [2.75, 3.05) is 26.4 Å². The Hall–Kier alpha value is -0.910. The summed E-state index contributed by atoms with van der Waals surface area (Å²) in [4.78, 5) is 0. The van der Waals surface area contributed by atoms with Gasteiger partial charge >= 0.3 is 0 Å². The van der Waals surface area contributed by atoms with Gasteiger partial charge in [0, 0.05) is 30.1 Å². The minimum Gasteiger partial charge on any atom is -0.493 e. The summed E-state index contributed by atoms with van der Waals surface area (Å²) >= 11 is 6.03. The Kier molecular flexibility index (Phi) is 5.36. The fraction of sp³-hybridized carbons (Fsp3) is 0.538. The zero-order valence-electron chi connectivity index (χ0n) is 10.4. The first kappa shape index (κ1) is 14.5. The highest BCUT2D eigenvalue weighted by Crippen LogP contribution is 2.32. The molecule has 0 aromatic heterocycles. The van der Waals surface area contributed by atoms with Gasteiger partial charge < -0.3 is 14.8 Å². The van der Waals surface area contributed by atoms with Crippen molar-refractivity contribution in [1.29, 1.82) is 0 Å². The summed E-state index contributed by atoms with van der Waals surface area (Å²) in [5, 5.41) is 3.81. The fourth-order valence-electron chi connectivity index (χ4n) is 2.02. The van der Waals surface area contributed by atoms with Gasteiger partial charge in [0.05, 0.1) is 13.2 Å². The van der Waals surface area contributed by atoms with Crippen LogP contribution in [0.15, 0.2) is 12.1 Å². The van der Waals surface area contributed by atoms with E-state index in [1.165, 1.54) is 0 Å². The van der Waals surface area contributed by atoms with Gasteiger partial charge in [0.15, 0.2) is 0 Å². The number of alkyl halides is 2. The summed E-state index contributed by atoms with van der Waals surface area (Å²) in [6, 6.07) is 3.78. The number of halogens is 3. The minimum atomic E-state index is -2.41. The molecule has 2 rings (SSSR count). The summed E-state index contributed by atoms with van der Waals surface area (Å²) in [6.45, 7) is 1.51. The molecular weight excluding hydrogens is 276 g/mol. The third-order valence-corrected chi connectivity index (χ3v) is 3.03. The molecule has 0 fully saturated rings. The molecule has 0 saturated heterocycles. The van der Waals surface area contributed by atoms with Crippen LogP contribution in [0.2, 0.25) is 5.02 Å². The molecule has 0 bridgehead atoms. The number of fused-ring (bicyclic) bond motifs is 1. The minimum absolute atomic E-state index is 0.258. The normalized spacial score (nSPS) is 13.7. The fourth-order valence-corrected chi connectivity index (χ4v) is 2.28. The molecule has 3 nitrogen and oxygen atoms in total. The van der Waals surface area contributed by atoms with Crippen LogP contribution in [0.4, 0.5) is 8.78 Å². The number of benzene rings is 1. The van der Waals surface area contributed by atoms with E-state index in [2.05, 4.69) is 5.32 Å². The van der Waals surface area contributed by atoms with Gasteiger partial charge in [0.1, 0.15) is 12.4 Å². The van der Waals surface area contributed by atoms with E-state index >= 15 is 0 Å². The molecule has 0 unspecified atom stereocenters. The molecule has 1 heterocycles. The number of hydrogen-bond donors (Lipinski definition) is 1. The second-order valence-corrected chi connectivity index (χ2v) is 4.73. The van der Waals surface area contributed by atoms with E-state index in [0.29, 0.717) is 24.7 Å². The predicted octanol–water partition coefficient (Wildman–Crippen LogP) is 2.65. The smallest absolute Gasteiger partial charge is 0.261 e. The van der Waals surface area contributed by atoms with Crippen LogP contribution in [0, 0.1) is 0 Å². The Labute approximate surface area is 115 Å². The van der Waals surface area contributed by atoms with Gasteiger partial charge in [-0.15, -0.1) is 0 Å². The van der Waals surface area contributed by atoms with Crippen molar-refractivity contribution < 1.29 is 18.3 Å². The van der Waals surface area contributed by atoms with Crippen molar-refractivity contribution >= 4 is 11.6 Å². The molecule has 1 N–H and O–H groups in total. The van der Waals surface area contributed by atoms with Crippen molar-refractivity contribution in [2.24, 2.45) is 0 Å². The first-order valence-corrected chi connectivity index (χ1v) is 6.55. The largest absolute Gasteiger partial charge is 0.493 e. The molecule has 0 radical (unpaired) electrons. The van der Waals surface area contributed by atoms with Crippen LogP contribution in [0.1, 0.15) is 11.1 Å². The average molecular weight is 292 g/mol. The van der Waals surface area contributed by atoms with Gasteiger partial charge in [-0.3, -0.25) is 0 Å². The zero-order valence-corrected chi connectivity index (χ0v) is 11.2. The summed E-state index contributed by atoms with van der Waals surface area (Å²) in [5.74, 6) is 0.894. The molecule has 0 amide bonds. The highest BCUT2D eigenvalue weighted by molar-refractivity contribution is 6.30. The lowest BCUT2D eigenvalue weighted by Gasteiger charge is -2.10. The van der Waals surface area contributed by atoms with E-state index in [4.69, 9.17) is 21.1 Å². The van der Waals surface area contributed by atoms with Gasteiger partial charge in [-0.05, 0) is 17.7 Å². The van der Waals surface area contributed by atoms with Crippen molar-refractivity contribution in [1.82, 2.24) is 5.32 Å². The average Bonchev–Trinajstić information content (AvgIpc) is 2.80. The summed E-state index contributed by atoms with van der Waals surface area (Å²) in [7, 11) is 0. The molecule has 1 aromatic rings. The van der Waals surface area contributed by atoms with Crippen LogP contribution in [-0.4, -0.2) is 32.8 Å². The lowest BCUT2D eigenvalue weighted by molar-refractivity contribution is 0.0187. The molecule has 106 valence electrons. The van der Waals surface area contributed by atoms with E-state index in [-0.39, 0.29) is 6.61 Å². The Morgan fingerprint density at radius 1 is 1.42 bits per heavy atom. The van der Waals surface area contributed by atoms with E-state index < -0.39 is 13.0 Å². The van der Waals surface area contributed by atoms with Gasteiger partial charge in [-0.2, -0.15) is 0 Å². The molecule has 1 aliphatic heterocycles. The monoisotopic (exact) mass is 291 g/mol. The van der Waals surface area contributed by atoms with E-state index in [9.17, 15) is 8.78 Å². The van der Waals surface area contributed by atoms with E-state index in [1.807, 2.05) is 12.1 Å². The topological polar surface area (TPSA) is 30.5 Å². The van der Waals surface area contributed by atoms with Crippen LogP contribution < -0.4 is 10.1 Å². The second kappa shape index (κ2) is 7.03. The van der Waals surface area contributed by atoms with Gasteiger partial charge in [-0.1, -0.05) is 11.6 Å². The Bertz CT molecular complexity index is 429. The third kappa shape index (κ3) is 4.30. The summed E-state index contributed by atoms with van der Waals surface area (Å²) < 4.78 is 34.0. The SMILES string of the molecule is FC(F)COCCNCc1cc(Cl)cc2c1OCC2. The predicted molar refractivity (Wildman–Crippen MR) is 69.2 cm³/mol. The highest BCUT2D eigenvalue weighted by atomic mass is 35.5. The van der Waals surface area contributed by atoms with Crippen LogP contribution in [-0.2, 0) is 17.7 Å². The van der Waals surface area contributed by atoms with E-state index in [1.54, 1.807) is 0 Å². The number of nitrogens with one attached hydrogen (secondary N) is 1. The summed E-state index contributed by atoms with van der Waals surface area (Å²) in [5.41, 5.74) is 2.12. The van der Waals surface area contributed by atoms with Crippen molar-refractivity contribution in [2.45, 2.75) is 19.4 Å². The first-order chi connectivity index (χ1) is 9.16. The lowest BCUT2D eigenvalue weighted by Crippen LogP contribution is -2.21. The molecule has 0 aliphatic carbocycles. The van der Waals surface area contributed by atoms with Crippen LogP contribution in [0.25, 0.3) is 0 Å². The van der Waals surface area contributed by atoms with E-state index in [0.717, 1.165) is 23.3 Å². The molecule has 6 heteroatoms. The van der Waals surface area contributed by atoms with Gasteiger partial charge in [0.25, 0.3) is 6.43 Å². The van der Waals surface area contributed by atoms with Gasteiger partial charge in [0.2, 0.25) is 0 Å². The van der Waals surface area contributed by atoms with Crippen molar-refractivity contribution in [3.63, 3.8) is 0 Å². The zero-order chi connectivity index (χ0) is 13.7. The van der Waals surface area contributed by atoms with Crippen molar-refractivity contribution in [3.8, 4) is 5.75 Å². The highest BCUT2D eigenvalue weighted by Gasteiger charge is 2.17. The molecule has 0 spiro atoms. The van der Waals surface area contributed by atoms with Crippen molar-refractivity contribution in [3.05, 3.63) is 28.3 Å². The third-order valence-electron chi connectivity index (χ3n) is 2.81. The Morgan fingerprint density at radius 2 is 2.26 bits per heavy atom. The number of ether oxygens (including phenoxy) is 2. The maximum atomic E-state index is 11.8. The first-order valence-electron chi connectivity index (χ1n) is 6.17. The Balaban J connectivity index is 1.77. The number of hydrogen-bond acceptors (Lipinski definition) is 3. The lowest BCUT2D eigenvalue weighted by atomic mass is 10.1. The molecule has 1 aliphatic rings. The molecular formula is C13H16ClF2NO2. The second-order valence-electron chi connectivity index (χ2n) is 4.29. The number of rotatable bonds is 7. The standard InChI is InChI=1S/C13H16ClF2NO2/c14-11-5-9-1-3-19-13(9)10(6-11)7-17-2-4-18-8-12(15)16/h5-6,12,17H,1-4,7-8H2. The Morgan fingerprint density at radius 3 is 3.05 bits per heavy atom. The van der Waals surface area contributed by atoms with Crippen LogP contribution in [0.5, 0.6) is 5.75 Å². The maximum Gasteiger partial charge on any atom is 0.261 e. The van der Waals surface area contributed by atoms with Gasteiger partial charge in [-0.25, -0.2) is 8.78 Å². The summed E-state index contributed by atoms with van der Waals surface area (Å²) in [6.07, 6.45) is -1.54. The molecule has 1 aromatic carbocycles. The molecule has 0 saturated carbocycles. The van der Waals surface area contributed by atoms with Crippen LogP contribution in [0.3, 0.4) is 0 Å². The quantitative estimate of drug-likeness (QED) is 0.784. The van der Waals surface area contributed by atoms with Crippen LogP contribution >= 0.6 is 11.6 Å².